The summed E-state index contributed by atoms with van der Waals surface area (Å²) in [7, 11) is 4.61. The molecular weight excluding hydrogens is 653 g/mol. The smallest absolute Gasteiger partial charge is 0.257 e. The lowest BCUT2D eigenvalue weighted by Gasteiger charge is -2.26. The van der Waals surface area contributed by atoms with Crippen molar-refractivity contribution < 1.29 is 37.7 Å². The first-order valence-corrected chi connectivity index (χ1v) is 16.1. The van der Waals surface area contributed by atoms with E-state index in [0.29, 0.717) is 75.5 Å². The molecule has 0 saturated carbocycles. The van der Waals surface area contributed by atoms with E-state index in [9.17, 15) is 14.0 Å². The molecule has 10 nitrogen and oxygen atoms in total. The van der Waals surface area contributed by atoms with Crippen LogP contribution in [-0.4, -0.2) is 52.4 Å². The van der Waals surface area contributed by atoms with Crippen LogP contribution in [0.5, 0.6) is 23.0 Å². The van der Waals surface area contributed by atoms with E-state index in [0.717, 1.165) is 0 Å². The Morgan fingerprint density at radius 1 is 0.939 bits per heavy atom. The van der Waals surface area contributed by atoms with E-state index in [1.165, 1.54) is 20.3 Å². The van der Waals surface area contributed by atoms with Crippen molar-refractivity contribution in [3.63, 3.8) is 0 Å². The zero-order valence-corrected chi connectivity index (χ0v) is 28.3. The van der Waals surface area contributed by atoms with Crippen molar-refractivity contribution in [3.05, 3.63) is 112 Å². The van der Waals surface area contributed by atoms with Gasteiger partial charge in [-0.3, -0.25) is 9.59 Å². The number of para-hydroxylation sites is 1. The summed E-state index contributed by atoms with van der Waals surface area (Å²) in [4.78, 5) is 29.5. The van der Waals surface area contributed by atoms with Gasteiger partial charge in [-0.1, -0.05) is 41.9 Å². The Balaban J connectivity index is 1.58. The number of amides is 2. The molecule has 0 aliphatic carbocycles. The lowest BCUT2D eigenvalue weighted by atomic mass is 9.97. The highest BCUT2D eigenvalue weighted by Crippen LogP contribution is 2.46. The Morgan fingerprint density at radius 3 is 2.49 bits per heavy atom. The number of hydrogen-bond acceptors (Lipinski definition) is 8. The van der Waals surface area contributed by atoms with Crippen LogP contribution in [0.2, 0.25) is 5.02 Å². The van der Waals surface area contributed by atoms with E-state index in [2.05, 4.69) is 5.32 Å². The number of hydrogen-bond donors (Lipinski definition) is 2. The second-order valence-electron chi connectivity index (χ2n) is 11.3. The number of carbonyl (C=O) groups is 2. The summed E-state index contributed by atoms with van der Waals surface area (Å²) in [5, 5.41) is 3.14. The first-order chi connectivity index (χ1) is 23.8. The number of benzene rings is 4. The maximum absolute atomic E-state index is 14.6. The Kier molecular flexibility index (Phi) is 12.0. The quantitative estimate of drug-likeness (QED) is 0.156. The molecule has 5 rings (SSSR count). The summed E-state index contributed by atoms with van der Waals surface area (Å²) in [5.74, 6) is 0.538. The normalized spacial score (nSPS) is 15.6. The molecule has 4 aromatic carbocycles. The summed E-state index contributed by atoms with van der Waals surface area (Å²) in [6.07, 6.45) is -1.91. The molecule has 3 N–H and O–H groups in total. The van der Waals surface area contributed by atoms with Crippen LogP contribution < -0.4 is 34.9 Å². The topological polar surface area (TPSA) is 122 Å². The van der Waals surface area contributed by atoms with E-state index >= 15 is 0 Å². The number of fused-ring (bicyclic) bond motifs is 1. The van der Waals surface area contributed by atoms with Crippen molar-refractivity contribution in [1.82, 2.24) is 5.32 Å². The zero-order chi connectivity index (χ0) is 34.9. The molecule has 0 aromatic heterocycles. The van der Waals surface area contributed by atoms with Crippen LogP contribution in [0.4, 0.5) is 10.1 Å². The van der Waals surface area contributed by atoms with Gasteiger partial charge < -0.3 is 39.6 Å². The molecule has 0 unspecified atom stereocenters. The monoisotopic (exact) mass is 691 g/mol. The van der Waals surface area contributed by atoms with E-state index < -0.39 is 29.8 Å². The number of carbonyl (C=O) groups excluding carboxylic acids is 2. The molecular formula is C37H39ClFN3O7. The maximum Gasteiger partial charge on any atom is 0.257 e. The van der Waals surface area contributed by atoms with Crippen molar-refractivity contribution in [3.8, 4) is 23.0 Å². The summed E-state index contributed by atoms with van der Waals surface area (Å²) in [6, 6.07) is 22.0. The van der Waals surface area contributed by atoms with Crippen molar-refractivity contribution in [2.45, 2.75) is 38.1 Å². The fraction of sp³-hybridized carbons (Fsp3) is 0.297. The predicted octanol–water partition coefficient (Wildman–Crippen LogP) is 5.96. The Bertz CT molecular complexity index is 1790. The Morgan fingerprint density at radius 2 is 1.76 bits per heavy atom. The van der Waals surface area contributed by atoms with Crippen LogP contribution in [0.3, 0.4) is 0 Å². The summed E-state index contributed by atoms with van der Waals surface area (Å²) in [5.41, 5.74) is 8.33. The molecule has 1 aliphatic heterocycles. The average molecular weight is 692 g/mol. The molecule has 49 heavy (non-hydrogen) atoms. The number of anilines is 1. The molecule has 0 bridgehead atoms. The van der Waals surface area contributed by atoms with Crippen LogP contribution >= 0.6 is 11.6 Å². The summed E-state index contributed by atoms with van der Waals surface area (Å²) >= 11 is 6.58. The maximum atomic E-state index is 14.6. The highest BCUT2D eigenvalue weighted by molar-refractivity contribution is 6.30. The predicted molar refractivity (Wildman–Crippen MR) is 184 cm³/mol. The standard InChI is InChI=1S/C37H39ClFN3O7/c1-45-26-14-12-24(32(19-26)46-2)22-42-30-15-13-25(38)18-28(30)35(27-9-6-11-31(36(27)47-3)48-17-7-16-40)49-33(37(42)44)20-34(43)41-21-23-8-4-5-10-29(23)39/h4-6,8-15,18-19,33,35H,7,16-17,20-22,40H2,1-3H3,(H,41,43)/t33-,35-/m1/s1. The van der Waals surface area contributed by atoms with Gasteiger partial charge in [-0.2, -0.15) is 0 Å². The van der Waals surface area contributed by atoms with Gasteiger partial charge in [0.05, 0.1) is 46.6 Å². The molecule has 4 aromatic rings. The van der Waals surface area contributed by atoms with Crippen molar-refractivity contribution in [2.24, 2.45) is 5.73 Å². The van der Waals surface area contributed by atoms with Crippen molar-refractivity contribution >= 4 is 29.1 Å². The van der Waals surface area contributed by atoms with Gasteiger partial charge in [-0.15, -0.1) is 0 Å². The first kappa shape index (κ1) is 35.5. The minimum Gasteiger partial charge on any atom is -0.497 e. The number of nitrogens with two attached hydrogens (primary N) is 1. The first-order valence-electron chi connectivity index (χ1n) is 15.7. The minimum atomic E-state index is -1.27. The van der Waals surface area contributed by atoms with Crippen LogP contribution in [0.25, 0.3) is 0 Å². The molecule has 1 aliphatic rings. The van der Waals surface area contributed by atoms with Gasteiger partial charge in [0.2, 0.25) is 5.91 Å². The average Bonchev–Trinajstić information content (AvgIpc) is 3.21. The van der Waals surface area contributed by atoms with Gasteiger partial charge >= 0.3 is 0 Å². The fourth-order valence-electron chi connectivity index (χ4n) is 5.67. The molecule has 0 radical (unpaired) electrons. The van der Waals surface area contributed by atoms with Gasteiger partial charge in [0, 0.05) is 39.9 Å². The number of ether oxygens (including phenoxy) is 5. The fourth-order valence-corrected chi connectivity index (χ4v) is 5.86. The number of nitrogens with zero attached hydrogens (tertiary/aromatic N) is 1. The third-order valence-electron chi connectivity index (χ3n) is 8.13. The molecule has 2 atom stereocenters. The molecule has 0 saturated heterocycles. The Hall–Kier alpha value is -4.84. The van der Waals surface area contributed by atoms with Crippen LogP contribution in [-0.2, 0) is 27.4 Å². The van der Waals surface area contributed by atoms with E-state index in [4.69, 9.17) is 41.0 Å². The van der Waals surface area contributed by atoms with Crippen molar-refractivity contribution in [2.75, 3.05) is 39.4 Å². The zero-order valence-electron chi connectivity index (χ0n) is 27.5. The van der Waals surface area contributed by atoms with Gasteiger partial charge in [0.1, 0.15) is 29.5 Å². The van der Waals surface area contributed by atoms with Gasteiger partial charge in [0.15, 0.2) is 11.5 Å². The SMILES string of the molecule is COc1ccc(CN2C(=O)[C@@H](CC(=O)NCc3ccccc3F)O[C@H](c3cccc(OCCCN)c3OC)c3cc(Cl)ccc32)c(OC)c1. The van der Waals surface area contributed by atoms with Crippen LogP contribution in [0.15, 0.2) is 78.9 Å². The second-order valence-corrected chi connectivity index (χ2v) is 11.7. The molecule has 0 fully saturated rings. The van der Waals surface area contributed by atoms with Crippen LogP contribution in [0.1, 0.15) is 41.2 Å². The molecule has 258 valence electrons. The summed E-state index contributed by atoms with van der Waals surface area (Å²) in [6.45, 7) is 0.833. The number of rotatable bonds is 14. The lowest BCUT2D eigenvalue weighted by Crippen LogP contribution is -2.41. The van der Waals surface area contributed by atoms with Gasteiger partial charge in [-0.25, -0.2) is 4.39 Å². The van der Waals surface area contributed by atoms with Gasteiger partial charge in [0.25, 0.3) is 5.91 Å². The lowest BCUT2D eigenvalue weighted by molar-refractivity contribution is -0.138. The Labute approximate surface area is 289 Å². The number of nitrogens with one attached hydrogen (secondary N) is 1. The van der Waals surface area contributed by atoms with E-state index in [1.54, 1.807) is 72.7 Å². The largest absolute Gasteiger partial charge is 0.497 e. The molecule has 12 heteroatoms. The molecule has 2 amide bonds. The number of methoxy groups -OCH3 is 3. The number of halogens is 2. The van der Waals surface area contributed by atoms with E-state index in [1.807, 2.05) is 12.1 Å². The molecule has 0 spiro atoms. The van der Waals surface area contributed by atoms with E-state index in [-0.39, 0.29) is 19.5 Å². The summed E-state index contributed by atoms with van der Waals surface area (Å²) < 4.78 is 43.8. The third-order valence-corrected chi connectivity index (χ3v) is 8.37. The van der Waals surface area contributed by atoms with Crippen molar-refractivity contribution in [1.29, 1.82) is 0 Å². The van der Waals surface area contributed by atoms with Gasteiger partial charge in [-0.05, 0) is 55.4 Å². The molecule has 1 heterocycles. The second kappa shape index (κ2) is 16.5. The van der Waals surface area contributed by atoms with Crippen LogP contribution in [0, 0.1) is 5.82 Å². The third kappa shape index (κ3) is 8.25. The minimum absolute atomic E-state index is 0.0611. The highest BCUT2D eigenvalue weighted by Gasteiger charge is 2.39. The highest BCUT2D eigenvalue weighted by atomic mass is 35.5.